The van der Waals surface area contributed by atoms with Crippen LogP contribution in [-0.2, 0) is 17.2 Å². The number of benzene rings is 1. The van der Waals surface area contributed by atoms with Gasteiger partial charge in [-0.25, -0.2) is 9.37 Å². The van der Waals surface area contributed by atoms with Gasteiger partial charge in [0.25, 0.3) is 0 Å². The summed E-state index contributed by atoms with van der Waals surface area (Å²) in [6.07, 6.45) is 0. The summed E-state index contributed by atoms with van der Waals surface area (Å²) >= 11 is 7.90. The fourth-order valence-electron chi connectivity index (χ4n) is 2.12. The molecule has 0 saturated carbocycles. The minimum atomic E-state index is -0.227. The van der Waals surface area contributed by atoms with E-state index in [4.69, 9.17) is 16.3 Å². The molecule has 2 rings (SSSR count). The van der Waals surface area contributed by atoms with Crippen molar-refractivity contribution in [2.24, 2.45) is 5.92 Å². The van der Waals surface area contributed by atoms with E-state index in [1.165, 1.54) is 6.07 Å². The van der Waals surface area contributed by atoms with Gasteiger partial charge in [0.1, 0.15) is 11.6 Å². The van der Waals surface area contributed by atoms with E-state index in [1.807, 2.05) is 27.2 Å². The predicted molar refractivity (Wildman–Crippen MR) is 83.0 cm³/mol. The third kappa shape index (κ3) is 3.20. The van der Waals surface area contributed by atoms with Gasteiger partial charge in [-0.2, -0.15) is 0 Å². The molecule has 0 radical (unpaired) electrons. The van der Waals surface area contributed by atoms with Crippen molar-refractivity contribution in [2.75, 3.05) is 13.7 Å². The molecule has 1 atom stereocenters. The number of fused-ring (bicyclic) bond motifs is 1. The maximum Gasteiger partial charge on any atom is 0.138 e. The zero-order valence-corrected chi connectivity index (χ0v) is 13.7. The van der Waals surface area contributed by atoms with Gasteiger partial charge in [0.05, 0.1) is 27.1 Å². The molecule has 1 heterocycles. The molecule has 2 aromatic rings. The van der Waals surface area contributed by atoms with Crippen molar-refractivity contribution in [3.05, 3.63) is 27.3 Å². The number of aromatic nitrogens is 2. The lowest BCUT2D eigenvalue weighted by Gasteiger charge is -2.14. The third-order valence-corrected chi connectivity index (χ3v) is 4.00. The lowest BCUT2D eigenvalue weighted by atomic mass is 10.2. The van der Waals surface area contributed by atoms with E-state index in [1.54, 1.807) is 13.2 Å². The second-order valence-corrected chi connectivity index (χ2v) is 6.02. The molecule has 104 valence electrons. The van der Waals surface area contributed by atoms with Crippen LogP contribution in [0, 0.1) is 15.3 Å². The summed E-state index contributed by atoms with van der Waals surface area (Å²) < 4.78 is 21.4. The highest BCUT2D eigenvalue weighted by atomic mass is 127. The summed E-state index contributed by atoms with van der Waals surface area (Å²) in [5.74, 6) is 1.16. The van der Waals surface area contributed by atoms with E-state index < -0.39 is 0 Å². The van der Waals surface area contributed by atoms with Crippen LogP contribution in [0.1, 0.15) is 12.7 Å². The van der Waals surface area contributed by atoms with E-state index in [9.17, 15) is 4.39 Å². The Morgan fingerprint density at radius 1 is 1.53 bits per heavy atom. The van der Waals surface area contributed by atoms with E-state index in [2.05, 4.69) is 11.9 Å². The molecule has 0 N–H and O–H groups in total. The molecule has 3 nitrogen and oxygen atoms in total. The zero-order chi connectivity index (χ0) is 14.0. The first-order chi connectivity index (χ1) is 9.06. The summed E-state index contributed by atoms with van der Waals surface area (Å²) in [5, 5.41) is 0. The van der Waals surface area contributed by atoms with Gasteiger partial charge in [-0.3, -0.25) is 0 Å². The molecule has 6 heteroatoms. The molecule has 0 aliphatic carbocycles. The molecule has 0 fully saturated rings. The Balaban J connectivity index is 2.47. The molecule has 0 aliphatic heterocycles. The number of hydrogen-bond acceptors (Lipinski definition) is 2. The van der Waals surface area contributed by atoms with Crippen molar-refractivity contribution < 1.29 is 9.13 Å². The maximum absolute atomic E-state index is 13.7. The SMILES string of the molecule is COCC(C)Cn1c(CCl)nc2cc(I)c(F)cc21. The van der Waals surface area contributed by atoms with E-state index in [-0.39, 0.29) is 5.82 Å². The predicted octanol–water partition coefficient (Wildman–Crippen LogP) is 3.80. The summed E-state index contributed by atoms with van der Waals surface area (Å²) in [6.45, 7) is 3.44. The van der Waals surface area contributed by atoms with Crippen LogP contribution in [0.2, 0.25) is 0 Å². The van der Waals surface area contributed by atoms with Crippen LogP contribution in [0.3, 0.4) is 0 Å². The fraction of sp³-hybridized carbons (Fsp3) is 0.462. The standard InChI is InChI=1S/C13H15ClFIN2O/c1-8(7-19-2)6-18-12-3-9(15)10(16)4-11(12)17-13(18)5-14/h3-4,8H,5-7H2,1-2H3. The van der Waals surface area contributed by atoms with Crippen LogP contribution in [0.25, 0.3) is 11.0 Å². The number of alkyl halides is 1. The van der Waals surface area contributed by atoms with Crippen molar-refractivity contribution >= 4 is 45.2 Å². The van der Waals surface area contributed by atoms with Gasteiger partial charge in [-0.1, -0.05) is 6.92 Å². The van der Waals surface area contributed by atoms with Crippen molar-refractivity contribution in [1.29, 1.82) is 0 Å². The smallest absolute Gasteiger partial charge is 0.138 e. The Hall–Kier alpha value is -0.400. The first-order valence-corrected chi connectivity index (χ1v) is 7.57. The highest BCUT2D eigenvalue weighted by Gasteiger charge is 2.15. The number of halogens is 3. The van der Waals surface area contributed by atoms with Crippen LogP contribution in [0.5, 0.6) is 0 Å². The van der Waals surface area contributed by atoms with Crippen LogP contribution in [0.15, 0.2) is 12.1 Å². The average Bonchev–Trinajstić information content (AvgIpc) is 2.68. The Labute approximate surface area is 130 Å². The van der Waals surface area contributed by atoms with Gasteiger partial charge in [0, 0.05) is 19.7 Å². The largest absolute Gasteiger partial charge is 0.384 e. The molecule has 19 heavy (non-hydrogen) atoms. The zero-order valence-electron chi connectivity index (χ0n) is 10.8. The van der Waals surface area contributed by atoms with Crippen LogP contribution >= 0.6 is 34.2 Å². The first kappa shape index (κ1) is 15.0. The van der Waals surface area contributed by atoms with Crippen LogP contribution in [0.4, 0.5) is 4.39 Å². The second kappa shape index (κ2) is 6.37. The van der Waals surface area contributed by atoms with Gasteiger partial charge in [0.15, 0.2) is 0 Å². The summed E-state index contributed by atoms with van der Waals surface area (Å²) in [5.41, 5.74) is 1.57. The molecule has 1 aromatic heterocycles. The first-order valence-electron chi connectivity index (χ1n) is 5.95. The highest BCUT2D eigenvalue weighted by Crippen LogP contribution is 2.23. The van der Waals surface area contributed by atoms with E-state index in [0.717, 1.165) is 16.9 Å². The maximum atomic E-state index is 13.7. The second-order valence-electron chi connectivity index (χ2n) is 4.59. The van der Waals surface area contributed by atoms with Gasteiger partial charge in [0.2, 0.25) is 0 Å². The fourth-order valence-corrected chi connectivity index (χ4v) is 2.78. The minimum absolute atomic E-state index is 0.227. The van der Waals surface area contributed by atoms with Crippen molar-refractivity contribution in [2.45, 2.75) is 19.3 Å². The highest BCUT2D eigenvalue weighted by molar-refractivity contribution is 14.1. The number of hydrogen-bond donors (Lipinski definition) is 0. The molecule has 0 saturated heterocycles. The molecule has 0 aliphatic rings. The Morgan fingerprint density at radius 3 is 2.89 bits per heavy atom. The van der Waals surface area contributed by atoms with E-state index >= 15 is 0 Å². The molecule has 0 spiro atoms. The Kier molecular flexibility index (Phi) is 5.03. The molecule has 0 bridgehead atoms. The number of imidazole rings is 1. The Morgan fingerprint density at radius 2 is 2.26 bits per heavy atom. The number of rotatable bonds is 5. The monoisotopic (exact) mass is 396 g/mol. The molecule has 1 unspecified atom stereocenters. The van der Waals surface area contributed by atoms with Crippen molar-refractivity contribution in [3.63, 3.8) is 0 Å². The van der Waals surface area contributed by atoms with Gasteiger partial charge in [-0.05, 0) is 34.6 Å². The normalized spacial score (nSPS) is 13.1. The lowest BCUT2D eigenvalue weighted by molar-refractivity contribution is 0.151. The van der Waals surface area contributed by atoms with E-state index in [0.29, 0.717) is 28.5 Å². The Bertz CT molecular complexity index is 588. The van der Waals surface area contributed by atoms with Crippen LogP contribution < -0.4 is 0 Å². The number of methoxy groups -OCH3 is 1. The number of ether oxygens (including phenoxy) is 1. The molecular weight excluding hydrogens is 382 g/mol. The van der Waals surface area contributed by atoms with Crippen molar-refractivity contribution in [3.8, 4) is 0 Å². The molecule has 1 aromatic carbocycles. The van der Waals surface area contributed by atoms with Crippen molar-refractivity contribution in [1.82, 2.24) is 9.55 Å². The molecular formula is C13H15ClFIN2O. The van der Waals surface area contributed by atoms with Gasteiger partial charge < -0.3 is 9.30 Å². The minimum Gasteiger partial charge on any atom is -0.384 e. The summed E-state index contributed by atoms with van der Waals surface area (Å²) in [7, 11) is 1.67. The quantitative estimate of drug-likeness (QED) is 0.568. The number of nitrogens with zero attached hydrogens (tertiary/aromatic N) is 2. The van der Waals surface area contributed by atoms with Gasteiger partial charge >= 0.3 is 0 Å². The summed E-state index contributed by atoms with van der Waals surface area (Å²) in [4.78, 5) is 4.47. The van der Waals surface area contributed by atoms with Crippen LogP contribution in [-0.4, -0.2) is 23.3 Å². The molecule has 0 amide bonds. The van der Waals surface area contributed by atoms with Gasteiger partial charge in [-0.15, -0.1) is 11.6 Å². The third-order valence-electron chi connectivity index (χ3n) is 2.93. The lowest BCUT2D eigenvalue weighted by Crippen LogP contribution is -2.14. The average molecular weight is 397 g/mol. The topological polar surface area (TPSA) is 27.1 Å². The summed E-state index contributed by atoms with van der Waals surface area (Å²) in [6, 6.07) is 3.28.